The molecular formula is C29H27N7O2S. The van der Waals surface area contributed by atoms with Crippen LogP contribution < -0.4 is 10.6 Å². The number of hydrogen-bond acceptors (Lipinski definition) is 8. The molecular weight excluding hydrogens is 510 g/mol. The number of carbonyl (C=O) groups excluding carboxylic acids is 1. The summed E-state index contributed by atoms with van der Waals surface area (Å²) < 4.78 is 8.41. The van der Waals surface area contributed by atoms with Gasteiger partial charge in [0, 0.05) is 38.1 Å². The highest BCUT2D eigenvalue weighted by Gasteiger charge is 2.26. The molecule has 0 unspecified atom stereocenters. The van der Waals surface area contributed by atoms with Crippen LogP contribution in [-0.4, -0.2) is 63.5 Å². The van der Waals surface area contributed by atoms with Crippen LogP contribution in [0, 0.1) is 11.8 Å². The summed E-state index contributed by atoms with van der Waals surface area (Å²) in [6, 6.07) is 18.5. The molecule has 0 bridgehead atoms. The van der Waals surface area contributed by atoms with Crippen molar-refractivity contribution < 1.29 is 9.53 Å². The molecule has 2 N–H and O–H groups in total. The van der Waals surface area contributed by atoms with Crippen molar-refractivity contribution in [2.24, 2.45) is 0 Å². The zero-order valence-electron chi connectivity index (χ0n) is 21.6. The summed E-state index contributed by atoms with van der Waals surface area (Å²) in [4.78, 5) is 23.1. The number of ether oxygens (including phenoxy) is 1. The van der Waals surface area contributed by atoms with E-state index in [-0.39, 0.29) is 18.2 Å². The quantitative estimate of drug-likeness (QED) is 0.316. The van der Waals surface area contributed by atoms with Gasteiger partial charge in [-0.2, -0.15) is 5.10 Å². The van der Waals surface area contributed by atoms with Crippen LogP contribution in [0.15, 0.2) is 67.1 Å². The van der Waals surface area contributed by atoms with Crippen molar-refractivity contribution in [2.45, 2.75) is 25.1 Å². The fourth-order valence-electron chi connectivity index (χ4n) is 4.50. The monoisotopic (exact) mass is 537 g/mol. The number of anilines is 2. The molecule has 1 aliphatic heterocycles. The summed E-state index contributed by atoms with van der Waals surface area (Å²) in [5.74, 6) is 7.27. The van der Waals surface area contributed by atoms with Gasteiger partial charge in [-0.1, -0.05) is 42.2 Å². The van der Waals surface area contributed by atoms with Crippen molar-refractivity contribution in [3.8, 4) is 11.8 Å². The summed E-state index contributed by atoms with van der Waals surface area (Å²) in [5, 5.41) is 12.4. The van der Waals surface area contributed by atoms with Crippen molar-refractivity contribution >= 4 is 50.1 Å². The number of aromatic nitrogens is 4. The van der Waals surface area contributed by atoms with Gasteiger partial charge in [-0.3, -0.25) is 10.00 Å². The van der Waals surface area contributed by atoms with Gasteiger partial charge in [-0.15, -0.1) is 11.3 Å². The van der Waals surface area contributed by atoms with Gasteiger partial charge in [-0.05, 0) is 29.8 Å². The maximum absolute atomic E-state index is 11.8. The number of thiophene rings is 1. The maximum Gasteiger partial charge on any atom is 0.409 e. The second-order valence-corrected chi connectivity index (χ2v) is 10.7. The molecule has 39 heavy (non-hydrogen) atoms. The highest BCUT2D eigenvalue weighted by molar-refractivity contribution is 7.20. The van der Waals surface area contributed by atoms with E-state index in [0.717, 1.165) is 44.0 Å². The summed E-state index contributed by atoms with van der Waals surface area (Å²) in [6.45, 7) is 1.32. The van der Waals surface area contributed by atoms with E-state index in [0.29, 0.717) is 13.0 Å². The van der Waals surface area contributed by atoms with Crippen LogP contribution in [0.5, 0.6) is 0 Å². The molecule has 1 aliphatic rings. The minimum absolute atomic E-state index is 0.0339. The Morgan fingerprint density at radius 3 is 2.92 bits per heavy atom. The topological polar surface area (TPSA) is 97.2 Å². The SMILES string of the molecule is CN(C)C(=O)O[C@H]1CN[C@H](C#Cc2cc3ncnc(Nc4ccc5c(cnn5Cc5ccccc5)c4)c3s2)C1. The number of amides is 1. The highest BCUT2D eigenvalue weighted by atomic mass is 32.1. The lowest BCUT2D eigenvalue weighted by Gasteiger charge is -2.15. The predicted molar refractivity (Wildman–Crippen MR) is 153 cm³/mol. The fraction of sp³-hybridized carbons (Fsp3) is 0.241. The van der Waals surface area contributed by atoms with E-state index in [1.54, 1.807) is 31.8 Å². The Bertz CT molecular complexity index is 1700. The molecule has 0 aliphatic carbocycles. The first-order valence-corrected chi connectivity index (χ1v) is 13.5. The summed E-state index contributed by atoms with van der Waals surface area (Å²) >= 11 is 1.55. The second kappa shape index (κ2) is 10.7. The Morgan fingerprint density at radius 1 is 1.21 bits per heavy atom. The van der Waals surface area contributed by atoms with E-state index in [9.17, 15) is 4.79 Å². The molecule has 0 radical (unpaired) electrons. The van der Waals surface area contributed by atoms with Crippen LogP contribution in [0.3, 0.4) is 0 Å². The molecule has 1 amide bonds. The molecule has 1 saturated heterocycles. The fourth-order valence-corrected chi connectivity index (χ4v) is 5.42. The van der Waals surface area contributed by atoms with Crippen LogP contribution in [0.2, 0.25) is 0 Å². The number of carbonyl (C=O) groups is 1. The van der Waals surface area contributed by atoms with E-state index in [1.165, 1.54) is 10.5 Å². The third kappa shape index (κ3) is 5.55. The van der Waals surface area contributed by atoms with Crippen molar-refractivity contribution in [2.75, 3.05) is 26.0 Å². The van der Waals surface area contributed by atoms with Crippen molar-refractivity contribution in [1.29, 1.82) is 0 Å². The van der Waals surface area contributed by atoms with Crippen LogP contribution in [0.25, 0.3) is 21.1 Å². The van der Waals surface area contributed by atoms with E-state index < -0.39 is 0 Å². The average Bonchev–Trinajstić information content (AvgIpc) is 3.67. The van der Waals surface area contributed by atoms with Crippen LogP contribution in [0.1, 0.15) is 16.9 Å². The van der Waals surface area contributed by atoms with E-state index >= 15 is 0 Å². The molecule has 10 heteroatoms. The Balaban J connectivity index is 1.16. The van der Waals surface area contributed by atoms with E-state index in [4.69, 9.17) is 4.74 Å². The normalized spacial score (nSPS) is 16.7. The summed E-state index contributed by atoms with van der Waals surface area (Å²) in [6.07, 6.45) is 3.60. The van der Waals surface area contributed by atoms with Gasteiger partial charge in [0.25, 0.3) is 0 Å². The number of rotatable bonds is 5. The van der Waals surface area contributed by atoms with E-state index in [2.05, 4.69) is 61.8 Å². The van der Waals surface area contributed by atoms with Gasteiger partial charge in [0.2, 0.25) is 0 Å². The molecule has 6 rings (SSSR count). The first kappa shape index (κ1) is 24.9. The molecule has 4 heterocycles. The molecule has 0 saturated carbocycles. The van der Waals surface area contributed by atoms with E-state index in [1.807, 2.05) is 41.2 Å². The third-order valence-electron chi connectivity index (χ3n) is 6.48. The first-order chi connectivity index (χ1) is 19.0. The number of nitrogens with zero attached hydrogens (tertiary/aromatic N) is 5. The zero-order valence-corrected chi connectivity index (χ0v) is 22.4. The van der Waals surface area contributed by atoms with Gasteiger partial charge in [0.15, 0.2) is 5.82 Å². The first-order valence-electron chi connectivity index (χ1n) is 12.7. The minimum Gasteiger partial charge on any atom is -0.445 e. The zero-order chi connectivity index (χ0) is 26.8. The molecule has 2 aromatic carbocycles. The van der Waals surface area contributed by atoms with Crippen LogP contribution in [-0.2, 0) is 11.3 Å². The minimum atomic E-state index is -0.335. The maximum atomic E-state index is 11.8. The molecule has 9 nitrogen and oxygen atoms in total. The van der Waals surface area contributed by atoms with Gasteiger partial charge in [-0.25, -0.2) is 14.8 Å². The lowest BCUT2D eigenvalue weighted by molar-refractivity contribution is 0.0826. The average molecular weight is 538 g/mol. The van der Waals surface area contributed by atoms with Crippen molar-refractivity contribution in [3.63, 3.8) is 0 Å². The van der Waals surface area contributed by atoms with Gasteiger partial charge in [0.1, 0.15) is 12.4 Å². The second-order valence-electron chi connectivity index (χ2n) is 9.60. The lowest BCUT2D eigenvalue weighted by Crippen LogP contribution is -2.29. The standard InChI is InChI=1S/C29H27N7O2S/c1-35(2)29(37)38-23-13-21(30-16-23)8-10-24-14-25-27(39-24)28(32-18-31-25)34-22-9-11-26-20(12-22)15-33-36(26)17-19-6-4-3-5-7-19/h3-7,9,11-12,14-15,18,21,23,30H,13,16-17H2,1-2H3,(H,31,32,34)/t21-,23-/m1/s1. The van der Waals surface area contributed by atoms with Crippen LogP contribution in [0.4, 0.5) is 16.3 Å². The highest BCUT2D eigenvalue weighted by Crippen LogP contribution is 2.31. The summed E-state index contributed by atoms with van der Waals surface area (Å²) in [5.41, 5.74) is 4.05. The Morgan fingerprint density at radius 2 is 2.08 bits per heavy atom. The van der Waals surface area contributed by atoms with Crippen molar-refractivity contribution in [3.05, 3.63) is 77.6 Å². The largest absolute Gasteiger partial charge is 0.445 e. The number of benzene rings is 2. The summed E-state index contributed by atoms with van der Waals surface area (Å²) in [7, 11) is 3.35. The number of hydrogen-bond donors (Lipinski definition) is 2. The van der Waals surface area contributed by atoms with Gasteiger partial charge in [0.05, 0.1) is 39.4 Å². The molecule has 0 spiro atoms. The van der Waals surface area contributed by atoms with Gasteiger partial charge >= 0.3 is 6.09 Å². The van der Waals surface area contributed by atoms with Gasteiger partial charge < -0.3 is 15.0 Å². The molecule has 5 aromatic rings. The molecule has 1 fully saturated rings. The Labute approximate surface area is 229 Å². The van der Waals surface area contributed by atoms with Crippen LogP contribution >= 0.6 is 11.3 Å². The predicted octanol–water partition coefficient (Wildman–Crippen LogP) is 4.61. The number of nitrogens with one attached hydrogen (secondary N) is 2. The van der Waals surface area contributed by atoms with Crippen molar-refractivity contribution in [1.82, 2.24) is 30.0 Å². The number of fused-ring (bicyclic) bond motifs is 2. The molecule has 3 aromatic heterocycles. The third-order valence-corrected chi connectivity index (χ3v) is 7.53. The Hall–Kier alpha value is -4.46. The lowest BCUT2D eigenvalue weighted by atomic mass is 10.2. The molecule has 196 valence electrons. The molecule has 2 atom stereocenters. The Kier molecular flexibility index (Phi) is 6.84. The smallest absolute Gasteiger partial charge is 0.409 e.